The Kier molecular flexibility index (Phi) is 6.39. The summed E-state index contributed by atoms with van der Waals surface area (Å²) in [5, 5.41) is 3.62. The number of nitrogens with one attached hydrogen (secondary N) is 1. The lowest BCUT2D eigenvalue weighted by atomic mass is 10.2. The molecule has 0 radical (unpaired) electrons. The lowest BCUT2D eigenvalue weighted by molar-refractivity contribution is -0.121. The van der Waals surface area contributed by atoms with E-state index in [2.05, 4.69) is 15.2 Å². The Bertz CT molecular complexity index is 824. The van der Waals surface area contributed by atoms with Gasteiger partial charge in [0.15, 0.2) is 0 Å². The van der Waals surface area contributed by atoms with E-state index in [4.69, 9.17) is 4.74 Å². The molecule has 0 saturated carbocycles. The highest BCUT2D eigenvalue weighted by Gasteiger charge is 2.13. The number of ether oxygens (including phenoxy) is 1. The van der Waals surface area contributed by atoms with Crippen LogP contribution in [-0.4, -0.2) is 59.8 Å². The van der Waals surface area contributed by atoms with Crippen LogP contribution in [0.4, 0.5) is 0 Å². The summed E-state index contributed by atoms with van der Waals surface area (Å²) in [5.41, 5.74) is 0.932. The molecule has 7 nitrogen and oxygen atoms in total. The van der Waals surface area contributed by atoms with Crippen LogP contribution in [0, 0.1) is 13.8 Å². The number of amides is 1. The number of thiophene rings is 1. The minimum Gasteiger partial charge on any atom is -0.379 e. The first kappa shape index (κ1) is 19.0. The predicted molar refractivity (Wildman–Crippen MR) is 103 cm³/mol. The molecule has 0 atom stereocenters. The number of nitrogens with zero attached hydrogens (tertiary/aromatic N) is 3. The van der Waals surface area contributed by atoms with Gasteiger partial charge in [0.2, 0.25) is 5.91 Å². The maximum Gasteiger partial charge on any atom is 0.262 e. The Morgan fingerprint density at radius 2 is 2.08 bits per heavy atom. The maximum absolute atomic E-state index is 12.6. The molecule has 0 spiro atoms. The fraction of sp³-hybridized carbons (Fsp3) is 0.611. The fourth-order valence-electron chi connectivity index (χ4n) is 3.09. The quantitative estimate of drug-likeness (QED) is 0.735. The van der Waals surface area contributed by atoms with E-state index < -0.39 is 0 Å². The van der Waals surface area contributed by atoms with Crippen molar-refractivity contribution in [2.24, 2.45) is 0 Å². The lowest BCUT2D eigenvalue weighted by Gasteiger charge is -2.26. The van der Waals surface area contributed by atoms with Crippen molar-refractivity contribution in [1.29, 1.82) is 0 Å². The van der Waals surface area contributed by atoms with Gasteiger partial charge >= 0.3 is 0 Å². The molecule has 0 bridgehead atoms. The molecule has 2 aromatic rings. The average molecular weight is 378 g/mol. The molecule has 1 N–H and O–H groups in total. The molecule has 3 rings (SSSR count). The average Bonchev–Trinajstić information content (AvgIpc) is 2.94. The zero-order chi connectivity index (χ0) is 18.5. The molecule has 8 heteroatoms. The minimum absolute atomic E-state index is 0.0304. The second kappa shape index (κ2) is 8.75. The fourth-order valence-corrected chi connectivity index (χ4v) is 4.08. The van der Waals surface area contributed by atoms with Gasteiger partial charge in [-0.05, 0) is 32.4 Å². The summed E-state index contributed by atoms with van der Waals surface area (Å²) in [6.07, 6.45) is 2.76. The second-order valence-electron chi connectivity index (χ2n) is 6.61. The molecular formula is C18H26N4O3S. The Morgan fingerprint density at radius 3 is 2.85 bits per heavy atom. The molecule has 142 valence electrons. The highest BCUT2D eigenvalue weighted by molar-refractivity contribution is 7.18. The normalized spacial score (nSPS) is 15.5. The number of aryl methyl sites for hydroxylation is 3. The Morgan fingerprint density at radius 1 is 1.31 bits per heavy atom. The van der Waals surface area contributed by atoms with E-state index in [1.807, 2.05) is 13.8 Å². The van der Waals surface area contributed by atoms with Crippen LogP contribution >= 0.6 is 11.3 Å². The molecule has 1 saturated heterocycles. The highest BCUT2D eigenvalue weighted by atomic mass is 32.1. The maximum atomic E-state index is 12.6. The van der Waals surface area contributed by atoms with E-state index in [0.29, 0.717) is 18.5 Å². The Balaban J connectivity index is 1.45. The largest absolute Gasteiger partial charge is 0.379 e. The van der Waals surface area contributed by atoms with Gasteiger partial charge in [0, 0.05) is 37.5 Å². The first-order chi connectivity index (χ1) is 12.6. The topological polar surface area (TPSA) is 76.5 Å². The minimum atomic E-state index is -0.0584. The third-order valence-corrected chi connectivity index (χ3v) is 5.93. The summed E-state index contributed by atoms with van der Waals surface area (Å²) in [6.45, 7) is 9.45. The van der Waals surface area contributed by atoms with Crippen LogP contribution in [0.1, 0.15) is 23.3 Å². The number of carbonyl (C=O) groups excluding carboxylic acids is 1. The van der Waals surface area contributed by atoms with Gasteiger partial charge in [-0.1, -0.05) is 0 Å². The zero-order valence-corrected chi connectivity index (χ0v) is 16.2. The number of hydrogen-bond donors (Lipinski definition) is 1. The van der Waals surface area contributed by atoms with Crippen molar-refractivity contribution in [3.05, 3.63) is 27.1 Å². The lowest BCUT2D eigenvalue weighted by Crippen LogP contribution is -2.38. The van der Waals surface area contributed by atoms with Crippen molar-refractivity contribution in [2.45, 2.75) is 33.2 Å². The van der Waals surface area contributed by atoms with Gasteiger partial charge in [-0.25, -0.2) is 4.98 Å². The highest BCUT2D eigenvalue weighted by Crippen LogP contribution is 2.25. The summed E-state index contributed by atoms with van der Waals surface area (Å²) in [4.78, 5) is 33.2. The summed E-state index contributed by atoms with van der Waals surface area (Å²) in [7, 11) is 0. The van der Waals surface area contributed by atoms with E-state index in [1.165, 1.54) is 15.9 Å². The van der Waals surface area contributed by atoms with Crippen molar-refractivity contribution >= 4 is 27.5 Å². The number of rotatable bonds is 7. The van der Waals surface area contributed by atoms with Gasteiger partial charge in [-0.3, -0.25) is 19.1 Å². The number of carbonyl (C=O) groups is 1. The summed E-state index contributed by atoms with van der Waals surface area (Å²) >= 11 is 1.54. The molecular weight excluding hydrogens is 352 g/mol. The van der Waals surface area contributed by atoms with Gasteiger partial charge in [-0.2, -0.15) is 0 Å². The SMILES string of the molecule is Cc1sc2ncn(CCC(=O)NCCCN3CCOCC3)c(=O)c2c1C. The van der Waals surface area contributed by atoms with E-state index in [0.717, 1.165) is 54.5 Å². The molecule has 1 amide bonds. The first-order valence-electron chi connectivity index (χ1n) is 9.08. The predicted octanol–water partition coefficient (Wildman–Crippen LogP) is 1.30. The molecule has 1 fully saturated rings. The van der Waals surface area contributed by atoms with Crippen molar-refractivity contribution in [3.63, 3.8) is 0 Å². The van der Waals surface area contributed by atoms with Crippen LogP contribution in [0.25, 0.3) is 10.2 Å². The summed E-state index contributed by atoms with van der Waals surface area (Å²) in [6, 6.07) is 0. The Labute approximate surface area is 157 Å². The van der Waals surface area contributed by atoms with Crippen molar-refractivity contribution in [2.75, 3.05) is 39.4 Å². The molecule has 0 unspecified atom stereocenters. The van der Waals surface area contributed by atoms with Crippen LogP contribution in [0.3, 0.4) is 0 Å². The van der Waals surface area contributed by atoms with Gasteiger partial charge in [-0.15, -0.1) is 11.3 Å². The van der Waals surface area contributed by atoms with E-state index in [9.17, 15) is 9.59 Å². The molecule has 3 heterocycles. The van der Waals surface area contributed by atoms with Crippen LogP contribution in [-0.2, 0) is 16.1 Å². The third-order valence-electron chi connectivity index (χ3n) is 4.81. The Hall–Kier alpha value is -1.77. The molecule has 0 aromatic carbocycles. The van der Waals surface area contributed by atoms with Gasteiger partial charge in [0.1, 0.15) is 4.83 Å². The zero-order valence-electron chi connectivity index (χ0n) is 15.4. The number of morpholine rings is 1. The van der Waals surface area contributed by atoms with E-state index in [-0.39, 0.29) is 17.9 Å². The van der Waals surface area contributed by atoms with Crippen LogP contribution in [0.15, 0.2) is 11.1 Å². The smallest absolute Gasteiger partial charge is 0.262 e. The first-order valence-corrected chi connectivity index (χ1v) is 9.90. The standard InChI is InChI=1S/C18H26N4O3S/c1-13-14(2)26-17-16(13)18(24)22(12-20-17)7-4-15(23)19-5-3-6-21-8-10-25-11-9-21/h12H,3-11H2,1-2H3,(H,19,23). The van der Waals surface area contributed by atoms with Crippen LogP contribution in [0.2, 0.25) is 0 Å². The molecule has 1 aliphatic rings. The monoisotopic (exact) mass is 378 g/mol. The number of hydrogen-bond acceptors (Lipinski definition) is 6. The van der Waals surface area contributed by atoms with Gasteiger partial charge in [0.25, 0.3) is 5.56 Å². The van der Waals surface area contributed by atoms with Crippen LogP contribution < -0.4 is 10.9 Å². The number of aromatic nitrogens is 2. The molecule has 26 heavy (non-hydrogen) atoms. The van der Waals surface area contributed by atoms with Crippen molar-refractivity contribution in [1.82, 2.24) is 19.8 Å². The van der Waals surface area contributed by atoms with Crippen molar-refractivity contribution < 1.29 is 9.53 Å². The van der Waals surface area contributed by atoms with E-state index >= 15 is 0 Å². The summed E-state index contributed by atoms with van der Waals surface area (Å²) < 4.78 is 6.86. The summed E-state index contributed by atoms with van der Waals surface area (Å²) in [5.74, 6) is -0.0304. The molecule has 0 aliphatic carbocycles. The number of fused-ring (bicyclic) bond motifs is 1. The second-order valence-corrected chi connectivity index (χ2v) is 7.82. The van der Waals surface area contributed by atoms with Crippen LogP contribution in [0.5, 0.6) is 0 Å². The molecule has 2 aromatic heterocycles. The molecule has 1 aliphatic heterocycles. The third kappa shape index (κ3) is 4.49. The van der Waals surface area contributed by atoms with Gasteiger partial charge in [0.05, 0.1) is 24.9 Å². The van der Waals surface area contributed by atoms with E-state index in [1.54, 1.807) is 6.33 Å². The van der Waals surface area contributed by atoms with Crippen molar-refractivity contribution in [3.8, 4) is 0 Å². The van der Waals surface area contributed by atoms with Gasteiger partial charge < -0.3 is 10.1 Å².